The highest BCUT2D eigenvalue weighted by Crippen LogP contribution is 2.32. The highest BCUT2D eigenvalue weighted by atomic mass is 16.5. The molecule has 0 fully saturated rings. The van der Waals surface area contributed by atoms with Gasteiger partial charge in [0.2, 0.25) is 5.88 Å². The van der Waals surface area contributed by atoms with Crippen molar-refractivity contribution in [1.82, 2.24) is 14.7 Å². The molecule has 174 valence electrons. The van der Waals surface area contributed by atoms with Crippen LogP contribution in [0.1, 0.15) is 16.7 Å². The van der Waals surface area contributed by atoms with E-state index in [2.05, 4.69) is 10.3 Å². The molecular weight excluding hydrogens is 444 g/mol. The van der Waals surface area contributed by atoms with Gasteiger partial charge in [-0.1, -0.05) is 48.5 Å². The third kappa shape index (κ3) is 5.04. The molecule has 8 heteroatoms. The number of fused-ring (bicyclic) bond motifs is 1. The first kappa shape index (κ1) is 23.3. The molecule has 0 aliphatic carbocycles. The van der Waals surface area contributed by atoms with E-state index in [1.807, 2.05) is 49.4 Å². The van der Waals surface area contributed by atoms with E-state index in [9.17, 15) is 14.9 Å². The van der Waals surface area contributed by atoms with E-state index >= 15 is 0 Å². The Labute approximate surface area is 201 Å². The van der Waals surface area contributed by atoms with E-state index in [-0.39, 0.29) is 23.6 Å². The van der Waals surface area contributed by atoms with Gasteiger partial charge in [-0.25, -0.2) is 0 Å². The van der Waals surface area contributed by atoms with E-state index in [0.29, 0.717) is 17.1 Å². The molecule has 0 saturated heterocycles. The number of aromatic nitrogens is 2. The van der Waals surface area contributed by atoms with Gasteiger partial charge in [-0.3, -0.25) is 14.0 Å². The lowest BCUT2D eigenvalue weighted by Gasteiger charge is -2.13. The molecule has 2 aromatic heterocycles. The summed E-state index contributed by atoms with van der Waals surface area (Å²) in [6, 6.07) is 21.6. The normalized spacial score (nSPS) is 11.1. The Morgan fingerprint density at radius 2 is 1.80 bits per heavy atom. The molecule has 0 atom stereocenters. The second-order valence-electron chi connectivity index (χ2n) is 7.61. The smallest absolute Gasteiger partial charge is 0.269 e. The number of benzene rings is 2. The van der Waals surface area contributed by atoms with Crippen molar-refractivity contribution in [2.24, 2.45) is 0 Å². The van der Waals surface area contributed by atoms with Gasteiger partial charge in [-0.15, -0.1) is 0 Å². The molecule has 2 aromatic carbocycles. The third-order valence-electron chi connectivity index (χ3n) is 5.27. The Hall–Kier alpha value is -4.90. The van der Waals surface area contributed by atoms with Crippen LogP contribution in [-0.2, 0) is 11.3 Å². The highest BCUT2D eigenvalue weighted by Gasteiger charge is 2.19. The quantitative estimate of drug-likeness (QED) is 0.326. The Morgan fingerprint density at radius 1 is 1.09 bits per heavy atom. The number of amides is 1. The lowest BCUT2D eigenvalue weighted by molar-refractivity contribution is -0.117. The van der Waals surface area contributed by atoms with Crippen LogP contribution in [-0.4, -0.2) is 22.4 Å². The van der Waals surface area contributed by atoms with Gasteiger partial charge in [0.05, 0.1) is 7.11 Å². The molecule has 2 heterocycles. The third-order valence-corrected chi connectivity index (χ3v) is 5.27. The Kier molecular flexibility index (Phi) is 6.88. The summed E-state index contributed by atoms with van der Waals surface area (Å²) in [6.07, 6.45) is 2.78. The Bertz CT molecular complexity index is 1520. The number of carbonyl (C=O) groups is 1. The molecule has 4 rings (SSSR count). The van der Waals surface area contributed by atoms with Crippen LogP contribution in [0.3, 0.4) is 0 Å². The molecular formula is C27H22N4O4. The minimum Gasteiger partial charge on any atom is -0.493 e. The summed E-state index contributed by atoms with van der Waals surface area (Å²) in [5.74, 6) is 0.114. The maximum atomic E-state index is 13.4. The predicted molar refractivity (Wildman–Crippen MR) is 131 cm³/mol. The predicted octanol–water partition coefficient (Wildman–Crippen LogP) is 4.03. The Balaban J connectivity index is 1.79. The van der Waals surface area contributed by atoms with E-state index in [1.165, 1.54) is 17.6 Å². The number of para-hydroxylation sites is 2. The number of methoxy groups -OCH3 is 1. The first-order valence-corrected chi connectivity index (χ1v) is 10.8. The minimum absolute atomic E-state index is 0.0367. The van der Waals surface area contributed by atoms with Crippen LogP contribution in [0.25, 0.3) is 11.7 Å². The lowest BCUT2D eigenvalue weighted by Crippen LogP contribution is -2.25. The summed E-state index contributed by atoms with van der Waals surface area (Å²) in [7, 11) is 1.50. The number of nitriles is 1. The van der Waals surface area contributed by atoms with Crippen molar-refractivity contribution in [3.63, 3.8) is 0 Å². The molecule has 0 bridgehead atoms. The average Bonchev–Trinajstić information content (AvgIpc) is 2.89. The fourth-order valence-corrected chi connectivity index (χ4v) is 3.47. The number of rotatable bonds is 7. The van der Waals surface area contributed by atoms with Gasteiger partial charge in [-0.2, -0.15) is 10.2 Å². The van der Waals surface area contributed by atoms with Crippen LogP contribution >= 0.6 is 0 Å². The van der Waals surface area contributed by atoms with E-state index < -0.39 is 11.5 Å². The standard InChI is InChI=1S/C27H22N4O4/c1-18-9-8-14-31-24(18)30-26(35-23-13-7-6-12-22(23)34-2)21(27(31)33)15-20(16-28)25(32)29-17-19-10-4-3-5-11-19/h3-15H,17H2,1-2H3,(H,29,32). The average molecular weight is 466 g/mol. The summed E-state index contributed by atoms with van der Waals surface area (Å²) in [5.41, 5.74) is 1.26. The van der Waals surface area contributed by atoms with Crippen LogP contribution < -0.4 is 20.3 Å². The van der Waals surface area contributed by atoms with Crippen LogP contribution in [0.4, 0.5) is 0 Å². The fraction of sp³-hybridized carbons (Fsp3) is 0.111. The first-order chi connectivity index (χ1) is 17.0. The van der Waals surface area contributed by atoms with Crippen LogP contribution in [0.2, 0.25) is 0 Å². The molecule has 0 radical (unpaired) electrons. The molecule has 0 aliphatic heterocycles. The molecule has 4 aromatic rings. The Morgan fingerprint density at radius 3 is 2.51 bits per heavy atom. The number of nitrogens with zero attached hydrogens (tertiary/aromatic N) is 3. The molecule has 1 amide bonds. The number of ether oxygens (including phenoxy) is 2. The number of pyridine rings is 1. The number of carbonyl (C=O) groups excluding carboxylic acids is 1. The SMILES string of the molecule is COc1ccccc1Oc1nc2c(C)cccn2c(=O)c1C=C(C#N)C(=O)NCc1ccccc1. The molecule has 0 saturated carbocycles. The van der Waals surface area contributed by atoms with Gasteiger partial charge in [0, 0.05) is 12.7 Å². The molecule has 0 unspecified atom stereocenters. The molecule has 0 spiro atoms. The first-order valence-electron chi connectivity index (χ1n) is 10.8. The number of hydrogen-bond acceptors (Lipinski definition) is 6. The van der Waals surface area contributed by atoms with Crippen molar-refractivity contribution in [3.05, 3.63) is 106 Å². The fourth-order valence-electron chi connectivity index (χ4n) is 3.47. The highest BCUT2D eigenvalue weighted by molar-refractivity contribution is 6.01. The van der Waals surface area contributed by atoms with Crippen LogP contribution in [0.5, 0.6) is 17.4 Å². The van der Waals surface area contributed by atoms with Crippen molar-refractivity contribution < 1.29 is 14.3 Å². The van der Waals surface area contributed by atoms with Crippen molar-refractivity contribution in [2.75, 3.05) is 7.11 Å². The second kappa shape index (κ2) is 10.4. The van der Waals surface area contributed by atoms with Crippen LogP contribution in [0.15, 0.2) is 83.3 Å². The van der Waals surface area contributed by atoms with E-state index in [0.717, 1.165) is 11.1 Å². The van der Waals surface area contributed by atoms with Gasteiger partial charge in [0.15, 0.2) is 11.5 Å². The van der Waals surface area contributed by atoms with Crippen molar-refractivity contribution in [2.45, 2.75) is 13.5 Å². The zero-order valence-corrected chi connectivity index (χ0v) is 19.2. The summed E-state index contributed by atoms with van der Waals surface area (Å²) in [4.78, 5) is 30.7. The summed E-state index contributed by atoms with van der Waals surface area (Å²) in [6.45, 7) is 2.05. The molecule has 1 N–H and O–H groups in total. The summed E-state index contributed by atoms with van der Waals surface area (Å²) >= 11 is 0. The van der Waals surface area contributed by atoms with Gasteiger partial charge < -0.3 is 14.8 Å². The molecule has 0 aliphatic rings. The minimum atomic E-state index is -0.617. The van der Waals surface area contributed by atoms with Gasteiger partial charge in [0.25, 0.3) is 11.5 Å². The molecule has 35 heavy (non-hydrogen) atoms. The topological polar surface area (TPSA) is 106 Å². The zero-order chi connectivity index (χ0) is 24.8. The number of aryl methyl sites for hydroxylation is 1. The van der Waals surface area contributed by atoms with Gasteiger partial charge in [0.1, 0.15) is 22.9 Å². The number of nitrogens with one attached hydrogen (secondary N) is 1. The van der Waals surface area contributed by atoms with Gasteiger partial charge in [-0.05, 0) is 42.3 Å². The largest absolute Gasteiger partial charge is 0.493 e. The van der Waals surface area contributed by atoms with Crippen molar-refractivity contribution >= 4 is 17.6 Å². The maximum absolute atomic E-state index is 13.4. The monoisotopic (exact) mass is 466 g/mol. The van der Waals surface area contributed by atoms with Crippen molar-refractivity contribution in [1.29, 1.82) is 5.26 Å². The van der Waals surface area contributed by atoms with Crippen molar-refractivity contribution in [3.8, 4) is 23.4 Å². The van der Waals surface area contributed by atoms with E-state index in [4.69, 9.17) is 9.47 Å². The maximum Gasteiger partial charge on any atom is 0.269 e. The molecule has 8 nitrogen and oxygen atoms in total. The lowest BCUT2D eigenvalue weighted by atomic mass is 10.1. The summed E-state index contributed by atoms with van der Waals surface area (Å²) < 4.78 is 12.7. The van der Waals surface area contributed by atoms with E-state index in [1.54, 1.807) is 36.5 Å². The zero-order valence-electron chi connectivity index (χ0n) is 19.2. The van der Waals surface area contributed by atoms with Crippen LogP contribution in [0, 0.1) is 18.3 Å². The number of hydrogen-bond donors (Lipinski definition) is 1. The second-order valence-corrected chi connectivity index (χ2v) is 7.61. The van der Waals surface area contributed by atoms with Gasteiger partial charge >= 0.3 is 0 Å². The summed E-state index contributed by atoms with van der Waals surface area (Å²) in [5, 5.41) is 12.4.